The maximum absolute atomic E-state index is 4.22. The molecule has 0 unspecified atom stereocenters. The Hall–Kier alpha value is -2.64. The first kappa shape index (κ1) is 18.7. The molecule has 0 aliphatic carbocycles. The van der Waals surface area contributed by atoms with Gasteiger partial charge in [0.15, 0.2) is 0 Å². The quantitative estimate of drug-likeness (QED) is 0.371. The molecular formula is C21H16N3Pt-. The maximum Gasteiger partial charge on any atom is 0.0886 e. The van der Waals surface area contributed by atoms with Crippen LogP contribution in [-0.2, 0) is 21.1 Å². The molecule has 3 heterocycles. The van der Waals surface area contributed by atoms with Crippen LogP contribution < -0.4 is 0 Å². The summed E-state index contributed by atoms with van der Waals surface area (Å²) in [5.74, 6) is 0. The first-order chi connectivity index (χ1) is 11.9. The Morgan fingerprint density at radius 1 is 0.520 bits per heavy atom. The van der Waals surface area contributed by atoms with Crippen molar-refractivity contribution in [1.29, 1.82) is 0 Å². The fraction of sp³-hybridized carbons (Fsp3) is 0. The van der Waals surface area contributed by atoms with Crippen molar-refractivity contribution < 1.29 is 21.1 Å². The molecule has 0 atom stereocenters. The molecule has 0 saturated carbocycles. The van der Waals surface area contributed by atoms with Gasteiger partial charge in [-0.2, -0.15) is 0 Å². The molecular weight excluding hydrogens is 489 g/mol. The Bertz CT molecular complexity index is 689. The molecule has 4 rings (SSSR count). The van der Waals surface area contributed by atoms with Crippen molar-refractivity contribution in [2.45, 2.75) is 0 Å². The second-order valence-corrected chi connectivity index (χ2v) is 4.92. The topological polar surface area (TPSA) is 38.7 Å². The van der Waals surface area contributed by atoms with Gasteiger partial charge in [-0.3, -0.25) is 9.97 Å². The average molecular weight is 505 g/mol. The molecule has 126 valence electrons. The Morgan fingerprint density at radius 2 is 1.00 bits per heavy atom. The fourth-order valence-electron chi connectivity index (χ4n) is 2.10. The van der Waals surface area contributed by atoms with E-state index in [1.165, 1.54) is 0 Å². The van der Waals surface area contributed by atoms with Crippen LogP contribution >= 0.6 is 0 Å². The molecule has 0 saturated heterocycles. The Labute approximate surface area is 162 Å². The largest absolute Gasteiger partial charge is 0.305 e. The van der Waals surface area contributed by atoms with Gasteiger partial charge in [0.2, 0.25) is 0 Å². The molecule has 0 bridgehead atoms. The zero-order valence-electron chi connectivity index (χ0n) is 13.4. The molecule has 0 N–H and O–H groups in total. The van der Waals surface area contributed by atoms with E-state index in [-0.39, 0.29) is 21.1 Å². The van der Waals surface area contributed by atoms with E-state index >= 15 is 0 Å². The van der Waals surface area contributed by atoms with E-state index in [1.807, 2.05) is 78.9 Å². The third kappa shape index (κ3) is 5.73. The van der Waals surface area contributed by atoms with E-state index < -0.39 is 0 Å². The van der Waals surface area contributed by atoms with Crippen LogP contribution in [0.4, 0.5) is 0 Å². The predicted octanol–water partition coefficient (Wildman–Crippen LogP) is 4.69. The summed E-state index contributed by atoms with van der Waals surface area (Å²) in [4.78, 5) is 12.6. The van der Waals surface area contributed by atoms with Crippen molar-refractivity contribution in [3.8, 4) is 22.6 Å². The third-order valence-corrected chi connectivity index (χ3v) is 3.24. The predicted molar refractivity (Wildman–Crippen MR) is 96.0 cm³/mol. The van der Waals surface area contributed by atoms with Crippen molar-refractivity contribution in [2.75, 3.05) is 0 Å². The molecule has 0 aliphatic heterocycles. The minimum absolute atomic E-state index is 0. The molecule has 0 aliphatic rings. The fourth-order valence-corrected chi connectivity index (χ4v) is 2.10. The van der Waals surface area contributed by atoms with E-state index in [0.717, 1.165) is 22.6 Å². The van der Waals surface area contributed by atoms with Gasteiger partial charge < -0.3 is 4.98 Å². The smallest absolute Gasteiger partial charge is 0.0886 e. The van der Waals surface area contributed by atoms with Gasteiger partial charge in [-0.1, -0.05) is 24.3 Å². The first-order valence-corrected chi connectivity index (χ1v) is 7.64. The van der Waals surface area contributed by atoms with Gasteiger partial charge in [0, 0.05) is 39.7 Å². The average Bonchev–Trinajstić information content (AvgIpc) is 2.71. The van der Waals surface area contributed by atoms with Crippen LogP contribution in [0.3, 0.4) is 0 Å². The van der Waals surface area contributed by atoms with Gasteiger partial charge >= 0.3 is 0 Å². The summed E-state index contributed by atoms with van der Waals surface area (Å²) in [6, 6.07) is 28.4. The molecule has 4 heteroatoms. The van der Waals surface area contributed by atoms with E-state index in [1.54, 1.807) is 18.6 Å². The Balaban J connectivity index is 0.000000173. The van der Waals surface area contributed by atoms with Gasteiger partial charge in [-0.15, -0.1) is 35.9 Å². The van der Waals surface area contributed by atoms with Crippen LogP contribution in [0.25, 0.3) is 22.6 Å². The molecule has 25 heavy (non-hydrogen) atoms. The molecule has 0 amide bonds. The molecule has 3 nitrogen and oxygen atoms in total. The van der Waals surface area contributed by atoms with E-state index in [9.17, 15) is 0 Å². The number of hydrogen-bond donors (Lipinski definition) is 0. The van der Waals surface area contributed by atoms with Crippen molar-refractivity contribution in [1.82, 2.24) is 15.0 Å². The van der Waals surface area contributed by atoms with E-state index in [2.05, 4.69) is 21.0 Å². The SMILES string of the molecule is [Pt].[c-]1ccccc1-c1ccccn1.c1ccc(-c2ccccn2)nc1. The number of benzene rings is 1. The summed E-state index contributed by atoms with van der Waals surface area (Å²) in [7, 11) is 0. The molecule has 0 radical (unpaired) electrons. The summed E-state index contributed by atoms with van der Waals surface area (Å²) in [5.41, 5.74) is 3.84. The Kier molecular flexibility index (Phi) is 7.68. The zero-order chi connectivity index (χ0) is 16.5. The van der Waals surface area contributed by atoms with Crippen molar-refractivity contribution in [3.63, 3.8) is 0 Å². The van der Waals surface area contributed by atoms with Gasteiger partial charge in [-0.05, 0) is 36.0 Å². The molecule has 1 aromatic carbocycles. The maximum atomic E-state index is 4.22. The van der Waals surface area contributed by atoms with Crippen LogP contribution in [0.5, 0.6) is 0 Å². The molecule has 3 aromatic heterocycles. The monoisotopic (exact) mass is 505 g/mol. The first-order valence-electron chi connectivity index (χ1n) is 7.64. The number of hydrogen-bond acceptors (Lipinski definition) is 3. The number of nitrogens with zero attached hydrogens (tertiary/aromatic N) is 3. The summed E-state index contributed by atoms with van der Waals surface area (Å²) in [6.45, 7) is 0. The van der Waals surface area contributed by atoms with Gasteiger partial charge in [0.1, 0.15) is 0 Å². The zero-order valence-corrected chi connectivity index (χ0v) is 15.7. The molecule has 0 spiro atoms. The van der Waals surface area contributed by atoms with E-state index in [4.69, 9.17) is 0 Å². The Morgan fingerprint density at radius 3 is 1.40 bits per heavy atom. The van der Waals surface area contributed by atoms with Crippen LogP contribution in [0.1, 0.15) is 0 Å². The normalized spacial score (nSPS) is 9.28. The van der Waals surface area contributed by atoms with Crippen LogP contribution in [-0.4, -0.2) is 15.0 Å². The second kappa shape index (κ2) is 10.3. The van der Waals surface area contributed by atoms with Crippen LogP contribution in [0.15, 0.2) is 97.5 Å². The number of pyridine rings is 3. The van der Waals surface area contributed by atoms with Gasteiger partial charge in [-0.25, -0.2) is 0 Å². The number of aromatic nitrogens is 3. The number of rotatable bonds is 2. The van der Waals surface area contributed by atoms with Gasteiger partial charge in [0.25, 0.3) is 0 Å². The van der Waals surface area contributed by atoms with Crippen molar-refractivity contribution in [2.24, 2.45) is 0 Å². The minimum Gasteiger partial charge on any atom is -0.305 e. The van der Waals surface area contributed by atoms with E-state index in [0.29, 0.717) is 0 Å². The van der Waals surface area contributed by atoms with Crippen LogP contribution in [0.2, 0.25) is 0 Å². The summed E-state index contributed by atoms with van der Waals surface area (Å²) < 4.78 is 0. The van der Waals surface area contributed by atoms with Crippen LogP contribution in [0, 0.1) is 6.07 Å². The summed E-state index contributed by atoms with van der Waals surface area (Å²) in [5, 5.41) is 0. The van der Waals surface area contributed by atoms with Crippen molar-refractivity contribution in [3.05, 3.63) is 104 Å². The van der Waals surface area contributed by atoms with Gasteiger partial charge in [0.05, 0.1) is 11.4 Å². The second-order valence-electron chi connectivity index (χ2n) is 4.92. The molecule has 0 fully saturated rings. The summed E-state index contributed by atoms with van der Waals surface area (Å²) in [6.07, 6.45) is 5.32. The minimum atomic E-state index is 0. The third-order valence-electron chi connectivity index (χ3n) is 3.24. The summed E-state index contributed by atoms with van der Waals surface area (Å²) >= 11 is 0. The molecule has 4 aromatic rings. The van der Waals surface area contributed by atoms with Crippen molar-refractivity contribution >= 4 is 0 Å². The standard InChI is InChI=1S/C11H8N.C10H8N2.Pt/c1-2-6-10(7-3-1)11-8-4-5-9-12-11;1-3-7-11-9(5-1)10-6-2-4-8-12-10;/h1-6,8-9H;1-8H;/q-1;;.